The molecule has 0 aliphatic carbocycles. The van der Waals surface area contributed by atoms with Gasteiger partial charge in [-0.2, -0.15) is 0 Å². The molecule has 0 saturated heterocycles. The van der Waals surface area contributed by atoms with Crippen molar-refractivity contribution >= 4 is 0 Å². The monoisotopic (exact) mass is 162 g/mol. The van der Waals surface area contributed by atoms with Crippen molar-refractivity contribution in [2.24, 2.45) is 0 Å². The second-order valence-corrected chi connectivity index (χ2v) is 2.64. The third kappa shape index (κ3) is 1.10. The highest BCUT2D eigenvalue weighted by atomic mass is 16.5. The molecule has 2 nitrogen and oxygen atoms in total. The summed E-state index contributed by atoms with van der Waals surface area (Å²) >= 11 is 0. The molecule has 0 amide bonds. The minimum absolute atomic E-state index is 0.0370. The minimum Gasteiger partial charge on any atom is -0.465 e. The predicted octanol–water partition coefficient (Wildman–Crippen LogP) is 2.28. The Morgan fingerprint density at radius 3 is 3.00 bits per heavy atom. The van der Waals surface area contributed by atoms with Gasteiger partial charge in [-0.1, -0.05) is 18.2 Å². The third-order valence-electron chi connectivity index (χ3n) is 1.93. The van der Waals surface area contributed by atoms with Gasteiger partial charge in [-0.25, -0.2) is 0 Å². The van der Waals surface area contributed by atoms with Gasteiger partial charge in [-0.05, 0) is 12.1 Å². The number of rotatable bonds is 1. The van der Waals surface area contributed by atoms with E-state index in [2.05, 4.69) is 0 Å². The molecule has 12 heavy (non-hydrogen) atoms. The molecule has 0 radical (unpaired) electrons. The van der Waals surface area contributed by atoms with Crippen molar-refractivity contribution < 1.29 is 9.47 Å². The van der Waals surface area contributed by atoms with Crippen molar-refractivity contribution in [2.45, 2.75) is 6.10 Å². The molecule has 0 aromatic heterocycles. The highest BCUT2D eigenvalue weighted by Gasteiger charge is 2.15. The molecule has 2 heteroatoms. The maximum absolute atomic E-state index is 5.29. The van der Waals surface area contributed by atoms with Crippen LogP contribution in [0.2, 0.25) is 0 Å². The van der Waals surface area contributed by atoms with E-state index < -0.39 is 0 Å². The summed E-state index contributed by atoms with van der Waals surface area (Å²) in [5.74, 6) is 0.881. The number of fused-ring (bicyclic) bond motifs is 1. The first-order valence-corrected chi connectivity index (χ1v) is 3.87. The van der Waals surface area contributed by atoms with E-state index in [0.717, 1.165) is 11.3 Å². The second-order valence-electron chi connectivity index (χ2n) is 2.64. The maximum atomic E-state index is 5.29. The van der Waals surface area contributed by atoms with Crippen LogP contribution in [0.15, 0.2) is 36.6 Å². The molecule has 2 rings (SSSR count). The zero-order valence-electron chi connectivity index (χ0n) is 6.86. The highest BCUT2D eigenvalue weighted by Crippen LogP contribution is 2.31. The van der Waals surface area contributed by atoms with Crippen LogP contribution in [0.5, 0.6) is 5.75 Å². The van der Waals surface area contributed by atoms with Crippen LogP contribution in [-0.2, 0) is 4.74 Å². The fraction of sp³-hybridized carbons (Fsp3) is 0.200. The van der Waals surface area contributed by atoms with Gasteiger partial charge in [0.25, 0.3) is 0 Å². The van der Waals surface area contributed by atoms with Gasteiger partial charge in [-0.15, -0.1) is 0 Å². The van der Waals surface area contributed by atoms with Crippen LogP contribution in [0.25, 0.3) is 0 Å². The van der Waals surface area contributed by atoms with Crippen molar-refractivity contribution in [2.75, 3.05) is 7.11 Å². The molecule has 1 aromatic rings. The Morgan fingerprint density at radius 1 is 1.33 bits per heavy atom. The number of benzene rings is 1. The summed E-state index contributed by atoms with van der Waals surface area (Å²) in [6.45, 7) is 0. The maximum Gasteiger partial charge on any atom is 0.132 e. The SMILES string of the molecule is COC1C=COc2ccccc21. The van der Waals surface area contributed by atoms with Crippen LogP contribution >= 0.6 is 0 Å². The molecule has 1 aromatic carbocycles. The van der Waals surface area contributed by atoms with Gasteiger partial charge in [0.05, 0.1) is 6.26 Å². The summed E-state index contributed by atoms with van der Waals surface area (Å²) in [5.41, 5.74) is 1.09. The van der Waals surface area contributed by atoms with E-state index in [-0.39, 0.29) is 6.10 Å². The standard InChI is InChI=1S/C10H10O2/c1-11-9-6-7-12-10-5-3-2-4-8(9)10/h2-7,9H,1H3. The second kappa shape index (κ2) is 2.99. The van der Waals surface area contributed by atoms with Crippen LogP contribution in [0, 0.1) is 0 Å². The van der Waals surface area contributed by atoms with Crippen molar-refractivity contribution in [1.82, 2.24) is 0 Å². The molecule has 0 saturated carbocycles. The highest BCUT2D eigenvalue weighted by molar-refractivity contribution is 5.39. The largest absolute Gasteiger partial charge is 0.465 e. The van der Waals surface area contributed by atoms with E-state index in [1.807, 2.05) is 30.3 Å². The molecule has 0 fully saturated rings. The number of hydrogen-bond acceptors (Lipinski definition) is 2. The first-order chi connectivity index (χ1) is 5.92. The molecular formula is C10H10O2. The number of para-hydroxylation sites is 1. The van der Waals surface area contributed by atoms with Gasteiger partial charge in [0.15, 0.2) is 0 Å². The quantitative estimate of drug-likeness (QED) is 0.630. The summed E-state index contributed by atoms with van der Waals surface area (Å²) in [7, 11) is 1.69. The van der Waals surface area contributed by atoms with Crippen molar-refractivity contribution in [3.05, 3.63) is 42.2 Å². The molecule has 0 bridgehead atoms. The zero-order valence-corrected chi connectivity index (χ0v) is 6.86. The summed E-state index contributed by atoms with van der Waals surface area (Å²) < 4.78 is 10.5. The Hall–Kier alpha value is -1.28. The fourth-order valence-corrected chi connectivity index (χ4v) is 1.32. The van der Waals surface area contributed by atoms with Gasteiger partial charge >= 0.3 is 0 Å². The van der Waals surface area contributed by atoms with Crippen LogP contribution in [-0.4, -0.2) is 7.11 Å². The van der Waals surface area contributed by atoms with E-state index in [1.165, 1.54) is 0 Å². The Kier molecular flexibility index (Phi) is 1.84. The lowest BCUT2D eigenvalue weighted by molar-refractivity contribution is 0.134. The van der Waals surface area contributed by atoms with Crippen LogP contribution < -0.4 is 4.74 Å². The molecular weight excluding hydrogens is 152 g/mol. The summed E-state index contributed by atoms with van der Waals surface area (Å²) in [4.78, 5) is 0. The fourth-order valence-electron chi connectivity index (χ4n) is 1.32. The number of ether oxygens (including phenoxy) is 2. The molecule has 1 aliphatic heterocycles. The lowest BCUT2D eigenvalue weighted by Gasteiger charge is -2.18. The average Bonchev–Trinajstić information content (AvgIpc) is 2.17. The predicted molar refractivity (Wildman–Crippen MR) is 46.0 cm³/mol. The molecule has 1 aliphatic rings. The molecule has 1 unspecified atom stereocenters. The lowest BCUT2D eigenvalue weighted by atomic mass is 10.1. The Labute approximate surface area is 71.4 Å². The molecule has 1 atom stereocenters. The van der Waals surface area contributed by atoms with Crippen molar-refractivity contribution in [1.29, 1.82) is 0 Å². The number of hydrogen-bond donors (Lipinski definition) is 0. The first-order valence-electron chi connectivity index (χ1n) is 3.87. The van der Waals surface area contributed by atoms with E-state index in [4.69, 9.17) is 9.47 Å². The Bertz CT molecular complexity index is 304. The van der Waals surface area contributed by atoms with Crippen molar-refractivity contribution in [3.63, 3.8) is 0 Å². The Morgan fingerprint density at radius 2 is 2.17 bits per heavy atom. The van der Waals surface area contributed by atoms with Crippen LogP contribution in [0.4, 0.5) is 0 Å². The van der Waals surface area contributed by atoms with Gasteiger partial charge < -0.3 is 9.47 Å². The van der Waals surface area contributed by atoms with Crippen LogP contribution in [0.3, 0.4) is 0 Å². The van der Waals surface area contributed by atoms with E-state index in [0.29, 0.717) is 0 Å². The van der Waals surface area contributed by atoms with Crippen molar-refractivity contribution in [3.8, 4) is 5.75 Å². The third-order valence-corrected chi connectivity index (χ3v) is 1.93. The lowest BCUT2D eigenvalue weighted by Crippen LogP contribution is -2.05. The topological polar surface area (TPSA) is 18.5 Å². The zero-order chi connectivity index (χ0) is 8.39. The summed E-state index contributed by atoms with van der Waals surface area (Å²) in [6, 6.07) is 7.87. The number of methoxy groups -OCH3 is 1. The molecule has 0 N–H and O–H groups in total. The minimum atomic E-state index is 0.0370. The summed E-state index contributed by atoms with van der Waals surface area (Å²) in [6.07, 6.45) is 3.59. The van der Waals surface area contributed by atoms with E-state index >= 15 is 0 Å². The molecule has 1 heterocycles. The van der Waals surface area contributed by atoms with Crippen LogP contribution in [0.1, 0.15) is 11.7 Å². The van der Waals surface area contributed by atoms with E-state index in [1.54, 1.807) is 13.4 Å². The molecule has 0 spiro atoms. The molecule has 62 valence electrons. The van der Waals surface area contributed by atoms with Gasteiger partial charge in [0.1, 0.15) is 11.9 Å². The van der Waals surface area contributed by atoms with Gasteiger partial charge in [0, 0.05) is 12.7 Å². The first kappa shape index (κ1) is 7.37. The smallest absolute Gasteiger partial charge is 0.132 e. The summed E-state index contributed by atoms with van der Waals surface area (Å²) in [5, 5.41) is 0. The van der Waals surface area contributed by atoms with E-state index in [9.17, 15) is 0 Å². The average molecular weight is 162 g/mol. The Balaban J connectivity index is 2.43. The normalized spacial score (nSPS) is 19.9. The van der Waals surface area contributed by atoms with Gasteiger partial charge in [0.2, 0.25) is 0 Å². The van der Waals surface area contributed by atoms with Gasteiger partial charge in [-0.3, -0.25) is 0 Å².